The highest BCUT2D eigenvalue weighted by molar-refractivity contribution is 7.16. The van der Waals surface area contributed by atoms with Crippen LogP contribution in [0, 0.1) is 0 Å². The molecule has 0 atom stereocenters. The second kappa shape index (κ2) is 7.25. The van der Waals surface area contributed by atoms with Gasteiger partial charge in [0, 0.05) is 22.8 Å². The fraction of sp³-hybridized carbons (Fsp3) is 0.158. The van der Waals surface area contributed by atoms with Crippen molar-refractivity contribution in [2.45, 2.75) is 19.9 Å². The number of carbonyl (C=O) groups is 1. The summed E-state index contributed by atoms with van der Waals surface area (Å²) in [6, 6.07) is 12.8. The number of amides is 1. The van der Waals surface area contributed by atoms with Gasteiger partial charge in [-0.2, -0.15) is 0 Å². The Balaban J connectivity index is 1.77. The van der Waals surface area contributed by atoms with E-state index < -0.39 is 0 Å². The van der Waals surface area contributed by atoms with Gasteiger partial charge in [-0.25, -0.2) is 0 Å². The monoisotopic (exact) mass is 372 g/mol. The number of thiazole rings is 1. The number of hydrogen-bond acceptors (Lipinski definition) is 3. The van der Waals surface area contributed by atoms with Crippen molar-refractivity contribution in [3.63, 3.8) is 0 Å². The van der Waals surface area contributed by atoms with Crippen molar-refractivity contribution in [1.82, 2.24) is 4.57 Å². The highest BCUT2D eigenvalue weighted by Crippen LogP contribution is 2.24. The van der Waals surface area contributed by atoms with E-state index in [1.807, 2.05) is 38.1 Å². The number of fused-ring (bicyclic) bond motifs is 1. The molecule has 0 spiro atoms. The summed E-state index contributed by atoms with van der Waals surface area (Å²) in [5.41, 5.74) is 2.44. The Morgan fingerprint density at radius 2 is 1.92 bits per heavy atom. The first-order valence-electron chi connectivity index (χ1n) is 7.84. The number of halogens is 1. The van der Waals surface area contributed by atoms with Gasteiger partial charge in [-0.15, -0.1) is 0 Å². The minimum atomic E-state index is -0.232. The van der Waals surface area contributed by atoms with Crippen LogP contribution in [0.1, 0.15) is 25.5 Å². The van der Waals surface area contributed by atoms with Crippen LogP contribution in [0.5, 0.6) is 0 Å². The molecule has 1 amide bonds. The molecule has 3 aromatic rings. The van der Waals surface area contributed by atoms with Gasteiger partial charge < -0.3 is 5.32 Å². The summed E-state index contributed by atoms with van der Waals surface area (Å²) >= 11 is 7.02. The van der Waals surface area contributed by atoms with Crippen molar-refractivity contribution >= 4 is 50.8 Å². The summed E-state index contributed by atoms with van der Waals surface area (Å²) in [5, 5.41) is 3.47. The summed E-state index contributed by atoms with van der Waals surface area (Å²) in [6.45, 7) is 3.95. The molecule has 0 bridgehead atoms. The highest BCUT2D eigenvalue weighted by Gasteiger charge is 2.11. The second-order valence-electron chi connectivity index (χ2n) is 5.89. The maximum atomic E-state index is 12.1. The van der Waals surface area contributed by atoms with Crippen molar-refractivity contribution < 1.29 is 4.79 Å². The minimum Gasteiger partial charge on any atom is -0.322 e. The zero-order valence-electron chi connectivity index (χ0n) is 13.8. The normalized spacial score (nSPS) is 11.5. The second-order valence-corrected chi connectivity index (χ2v) is 7.32. The molecule has 1 heterocycles. The van der Waals surface area contributed by atoms with Crippen LogP contribution < -0.4 is 10.2 Å². The average molecular weight is 373 g/mol. The molecule has 0 unspecified atom stereocenters. The van der Waals surface area contributed by atoms with E-state index in [0.717, 1.165) is 15.8 Å². The molecule has 0 aliphatic heterocycles. The Hall–Kier alpha value is -2.37. The first-order valence-corrected chi connectivity index (χ1v) is 9.03. The summed E-state index contributed by atoms with van der Waals surface area (Å²) in [4.78, 5) is 24.2. The zero-order chi connectivity index (χ0) is 18.0. The van der Waals surface area contributed by atoms with Gasteiger partial charge >= 0.3 is 4.87 Å². The lowest BCUT2D eigenvalue weighted by molar-refractivity contribution is -0.111. The van der Waals surface area contributed by atoms with Crippen molar-refractivity contribution in [2.24, 2.45) is 0 Å². The number of rotatable bonds is 4. The Bertz CT molecular complexity index is 1000. The summed E-state index contributed by atoms with van der Waals surface area (Å²) in [6.07, 6.45) is 3.19. The third-order valence-electron chi connectivity index (χ3n) is 3.69. The van der Waals surface area contributed by atoms with E-state index in [0.29, 0.717) is 10.7 Å². The molecule has 0 fully saturated rings. The van der Waals surface area contributed by atoms with Gasteiger partial charge in [0.05, 0.1) is 10.2 Å². The van der Waals surface area contributed by atoms with Gasteiger partial charge in [0.25, 0.3) is 0 Å². The third kappa shape index (κ3) is 4.00. The smallest absolute Gasteiger partial charge is 0.308 e. The maximum absolute atomic E-state index is 12.1. The van der Waals surface area contributed by atoms with E-state index in [-0.39, 0.29) is 16.8 Å². The third-order valence-corrected chi connectivity index (χ3v) is 4.86. The first kappa shape index (κ1) is 17.5. The van der Waals surface area contributed by atoms with E-state index in [2.05, 4.69) is 5.32 Å². The number of carbonyl (C=O) groups excluding carboxylic acids is 1. The quantitative estimate of drug-likeness (QED) is 0.659. The van der Waals surface area contributed by atoms with Crippen LogP contribution in [0.3, 0.4) is 0 Å². The zero-order valence-corrected chi connectivity index (χ0v) is 15.4. The van der Waals surface area contributed by atoms with Crippen molar-refractivity contribution in [3.05, 3.63) is 68.8 Å². The molecule has 3 rings (SSSR count). The van der Waals surface area contributed by atoms with Crippen molar-refractivity contribution in [3.8, 4) is 0 Å². The van der Waals surface area contributed by atoms with Crippen LogP contribution >= 0.6 is 22.9 Å². The fourth-order valence-electron chi connectivity index (χ4n) is 2.53. The Morgan fingerprint density at radius 1 is 1.20 bits per heavy atom. The first-order chi connectivity index (χ1) is 11.9. The van der Waals surface area contributed by atoms with Gasteiger partial charge in [0.15, 0.2) is 0 Å². The van der Waals surface area contributed by atoms with Gasteiger partial charge in [-0.05, 0) is 55.8 Å². The molecular weight excluding hydrogens is 356 g/mol. The number of aromatic nitrogens is 1. The Kier molecular flexibility index (Phi) is 5.06. The highest BCUT2D eigenvalue weighted by atomic mass is 35.5. The molecule has 2 aromatic carbocycles. The molecule has 0 saturated heterocycles. The predicted molar refractivity (Wildman–Crippen MR) is 106 cm³/mol. The number of benzene rings is 2. The molecule has 0 aliphatic rings. The van der Waals surface area contributed by atoms with E-state index in [1.54, 1.807) is 28.8 Å². The molecule has 25 heavy (non-hydrogen) atoms. The molecule has 0 aliphatic carbocycles. The van der Waals surface area contributed by atoms with Crippen molar-refractivity contribution in [1.29, 1.82) is 0 Å². The topological polar surface area (TPSA) is 51.1 Å². The Morgan fingerprint density at radius 3 is 2.60 bits per heavy atom. The lowest BCUT2D eigenvalue weighted by atomic mass is 10.2. The van der Waals surface area contributed by atoms with Gasteiger partial charge in [0.2, 0.25) is 5.91 Å². The molecule has 6 heteroatoms. The molecule has 1 N–H and O–H groups in total. The summed E-state index contributed by atoms with van der Waals surface area (Å²) in [5.74, 6) is -0.232. The van der Waals surface area contributed by atoms with Gasteiger partial charge in [-0.1, -0.05) is 35.1 Å². The number of nitrogens with one attached hydrogen (secondary N) is 1. The van der Waals surface area contributed by atoms with E-state index >= 15 is 0 Å². The molecule has 0 radical (unpaired) electrons. The Labute approximate surface area is 154 Å². The molecule has 1 aromatic heterocycles. The van der Waals surface area contributed by atoms with Crippen LogP contribution in [0.4, 0.5) is 5.69 Å². The average Bonchev–Trinajstić information content (AvgIpc) is 2.89. The molecule has 128 valence electrons. The minimum absolute atomic E-state index is 0.0103. The van der Waals surface area contributed by atoms with Crippen LogP contribution in [0.15, 0.2) is 53.3 Å². The van der Waals surface area contributed by atoms with E-state index in [9.17, 15) is 9.59 Å². The lowest BCUT2D eigenvalue weighted by Gasteiger charge is -2.08. The number of hydrogen-bond donors (Lipinski definition) is 1. The standard InChI is InChI=1S/C19H17ClN2O2S/c1-12(2)22-16-9-8-15(11-17(16)25-19(22)24)21-18(23)10-5-13-3-6-14(20)7-4-13/h3-12H,1-2H3,(H,21,23)/b10-5+. The summed E-state index contributed by atoms with van der Waals surface area (Å²) < 4.78 is 2.62. The fourth-order valence-corrected chi connectivity index (χ4v) is 3.71. The van der Waals surface area contributed by atoms with Crippen LogP contribution in [-0.4, -0.2) is 10.5 Å². The number of nitrogens with zero attached hydrogens (tertiary/aromatic N) is 1. The maximum Gasteiger partial charge on any atom is 0.308 e. The molecule has 4 nitrogen and oxygen atoms in total. The van der Waals surface area contributed by atoms with Gasteiger partial charge in [-0.3, -0.25) is 14.2 Å². The van der Waals surface area contributed by atoms with Crippen LogP contribution in [0.25, 0.3) is 16.3 Å². The molecule has 0 saturated carbocycles. The van der Waals surface area contributed by atoms with Crippen LogP contribution in [0.2, 0.25) is 5.02 Å². The lowest BCUT2D eigenvalue weighted by Crippen LogP contribution is -2.14. The van der Waals surface area contributed by atoms with E-state index in [4.69, 9.17) is 11.6 Å². The largest absolute Gasteiger partial charge is 0.322 e. The SMILES string of the molecule is CC(C)n1c(=O)sc2cc(NC(=O)/C=C/c3ccc(Cl)cc3)ccc21. The number of anilines is 1. The van der Waals surface area contributed by atoms with Crippen molar-refractivity contribution in [2.75, 3.05) is 5.32 Å². The van der Waals surface area contributed by atoms with Crippen LogP contribution in [-0.2, 0) is 4.79 Å². The van der Waals surface area contributed by atoms with E-state index in [1.165, 1.54) is 17.4 Å². The summed E-state index contributed by atoms with van der Waals surface area (Å²) in [7, 11) is 0. The van der Waals surface area contributed by atoms with Gasteiger partial charge in [0.1, 0.15) is 0 Å². The molecular formula is C19H17ClN2O2S. The predicted octanol–water partition coefficient (Wildman–Crippen LogP) is 4.95.